The molecule has 2 aliphatic rings. The van der Waals surface area contributed by atoms with E-state index in [1.54, 1.807) is 18.9 Å². The molecule has 0 saturated heterocycles. The molecule has 1 aromatic carbocycles. The number of Topliss-reactive ketones (excluding diaryl/α,β-unsaturated/α-hetero) is 1. The van der Waals surface area contributed by atoms with Crippen molar-refractivity contribution in [3.05, 3.63) is 76.0 Å². The van der Waals surface area contributed by atoms with Crippen LogP contribution in [0.3, 0.4) is 0 Å². The second kappa shape index (κ2) is 10.6. The molecule has 34 heavy (non-hydrogen) atoms. The van der Waals surface area contributed by atoms with Crippen molar-refractivity contribution in [2.75, 3.05) is 25.2 Å². The van der Waals surface area contributed by atoms with E-state index in [1.165, 1.54) is 0 Å². The number of thioether (sulfide) groups is 1. The molecule has 1 aliphatic carbocycles. The minimum Gasteiger partial charge on any atom is -0.497 e. The molecule has 0 amide bonds. The summed E-state index contributed by atoms with van der Waals surface area (Å²) in [7, 11) is 1.64. The quantitative estimate of drug-likeness (QED) is 0.407. The van der Waals surface area contributed by atoms with Gasteiger partial charge in [0.15, 0.2) is 5.78 Å². The number of nitrogens with one attached hydrogen (secondary N) is 1. The lowest BCUT2D eigenvalue weighted by Crippen LogP contribution is -2.36. The number of allylic oxidation sites excluding steroid dienone is 3. The minimum absolute atomic E-state index is 0.0139. The number of methoxy groups -OCH3 is 1. The van der Waals surface area contributed by atoms with Gasteiger partial charge >= 0.3 is 5.97 Å². The zero-order chi connectivity index (χ0) is 24.2. The van der Waals surface area contributed by atoms with Crippen LogP contribution in [0.1, 0.15) is 55.6 Å². The van der Waals surface area contributed by atoms with Gasteiger partial charge in [-0.05, 0) is 61.8 Å². The average molecular weight is 482 g/mol. The Kier molecular flexibility index (Phi) is 7.51. The molecule has 0 saturated carbocycles. The largest absolute Gasteiger partial charge is 0.497 e. The molecular weight excluding hydrogens is 450 g/mol. The highest BCUT2D eigenvalue weighted by molar-refractivity contribution is 7.99. The van der Waals surface area contributed by atoms with E-state index in [9.17, 15) is 9.59 Å². The van der Waals surface area contributed by atoms with Crippen molar-refractivity contribution in [2.24, 2.45) is 0 Å². The lowest BCUT2D eigenvalue weighted by Gasteiger charge is -2.35. The summed E-state index contributed by atoms with van der Waals surface area (Å²) in [5.74, 6) is 2.86. The lowest BCUT2D eigenvalue weighted by atomic mass is 9.73. The topological polar surface area (TPSA) is 77.8 Å². The summed E-state index contributed by atoms with van der Waals surface area (Å²) < 4.78 is 16.9. The zero-order valence-electron chi connectivity index (χ0n) is 20.1. The first-order valence-corrected chi connectivity index (χ1v) is 12.8. The van der Waals surface area contributed by atoms with Crippen molar-refractivity contribution >= 4 is 23.5 Å². The maximum absolute atomic E-state index is 13.6. The summed E-state index contributed by atoms with van der Waals surface area (Å²) in [6.45, 7) is 6.12. The molecule has 0 spiro atoms. The van der Waals surface area contributed by atoms with Crippen LogP contribution in [-0.4, -0.2) is 37.0 Å². The van der Waals surface area contributed by atoms with Gasteiger partial charge in [0.1, 0.15) is 23.9 Å². The molecule has 4 rings (SSSR count). The van der Waals surface area contributed by atoms with Crippen molar-refractivity contribution in [3.8, 4) is 5.75 Å². The molecule has 0 bridgehead atoms. The standard InChI is InChI=1S/C27H31NO5S/c1-5-34-12-11-32-27(30)24-17(3)28-21-14-19(18-7-6-8-20(13-18)31-4)15-22(29)25(21)26(24)23-10-9-16(2)33-23/h6-10,13,19,26,28H,5,11-12,14-15H2,1-4H3/t19-,26-/m0/s1. The zero-order valence-corrected chi connectivity index (χ0v) is 20.9. The molecule has 2 atom stereocenters. The Bertz CT molecular complexity index is 1150. The van der Waals surface area contributed by atoms with Gasteiger partial charge in [0.2, 0.25) is 0 Å². The first kappa shape index (κ1) is 24.2. The van der Waals surface area contributed by atoms with Crippen LogP contribution in [0, 0.1) is 6.92 Å². The van der Waals surface area contributed by atoms with E-state index < -0.39 is 11.9 Å². The van der Waals surface area contributed by atoms with Crippen molar-refractivity contribution in [1.82, 2.24) is 5.32 Å². The molecule has 6 nitrogen and oxygen atoms in total. The first-order chi connectivity index (χ1) is 16.4. The van der Waals surface area contributed by atoms with Gasteiger partial charge in [-0.15, -0.1) is 0 Å². The van der Waals surface area contributed by atoms with Gasteiger partial charge in [-0.3, -0.25) is 4.79 Å². The van der Waals surface area contributed by atoms with Gasteiger partial charge in [0, 0.05) is 29.1 Å². The predicted octanol–water partition coefficient (Wildman–Crippen LogP) is 5.25. The number of hydrogen-bond acceptors (Lipinski definition) is 7. The number of ether oxygens (including phenoxy) is 2. The van der Waals surface area contributed by atoms with Crippen LogP contribution in [0.15, 0.2) is 63.4 Å². The number of ketones is 1. The molecule has 1 aromatic heterocycles. The van der Waals surface area contributed by atoms with Crippen LogP contribution in [0.25, 0.3) is 0 Å². The molecule has 7 heteroatoms. The van der Waals surface area contributed by atoms with Gasteiger partial charge in [-0.1, -0.05) is 19.1 Å². The van der Waals surface area contributed by atoms with Gasteiger partial charge in [-0.2, -0.15) is 11.8 Å². The highest BCUT2D eigenvalue weighted by Gasteiger charge is 2.42. The van der Waals surface area contributed by atoms with Crippen molar-refractivity contribution in [3.63, 3.8) is 0 Å². The van der Waals surface area contributed by atoms with Gasteiger partial charge in [0.25, 0.3) is 0 Å². The Labute approximate surface area is 204 Å². The number of dihydropyridines is 1. The monoisotopic (exact) mass is 481 g/mol. The third-order valence-electron chi connectivity index (χ3n) is 6.32. The highest BCUT2D eigenvalue weighted by Crippen LogP contribution is 2.46. The maximum Gasteiger partial charge on any atom is 0.336 e. The Hall–Kier alpha value is -2.93. The summed E-state index contributed by atoms with van der Waals surface area (Å²) in [6.07, 6.45) is 1.02. The van der Waals surface area contributed by atoms with Crippen LogP contribution in [0.5, 0.6) is 5.75 Å². The summed E-state index contributed by atoms with van der Waals surface area (Å²) in [6, 6.07) is 11.6. The molecular formula is C27H31NO5S. The fourth-order valence-corrected chi connectivity index (χ4v) is 5.24. The van der Waals surface area contributed by atoms with Crippen LogP contribution in [-0.2, 0) is 14.3 Å². The Morgan fingerprint density at radius 2 is 2.03 bits per heavy atom. The SMILES string of the molecule is CCSCCOC(=O)C1=C(C)NC2=C(C(=O)C[C@@H](c3cccc(OC)c3)C2)[C@H]1c1ccc(C)o1. The van der Waals surface area contributed by atoms with Crippen LogP contribution in [0.2, 0.25) is 0 Å². The van der Waals surface area contributed by atoms with E-state index in [0.717, 1.165) is 34.3 Å². The fraction of sp³-hybridized carbons (Fsp3) is 0.407. The van der Waals surface area contributed by atoms with Gasteiger partial charge in [-0.25, -0.2) is 4.79 Å². The number of carbonyl (C=O) groups excluding carboxylic acids is 2. The van der Waals surface area contributed by atoms with Gasteiger partial charge in [0.05, 0.1) is 18.6 Å². The van der Waals surface area contributed by atoms with E-state index in [-0.39, 0.29) is 11.7 Å². The third-order valence-corrected chi connectivity index (χ3v) is 7.19. The number of aryl methyl sites for hydroxylation is 1. The highest BCUT2D eigenvalue weighted by atomic mass is 32.2. The molecule has 0 unspecified atom stereocenters. The Morgan fingerprint density at radius 1 is 1.21 bits per heavy atom. The van der Waals surface area contributed by atoms with E-state index in [2.05, 4.69) is 12.2 Å². The normalized spacial score (nSPS) is 20.2. The molecule has 0 fully saturated rings. The number of benzene rings is 1. The molecule has 180 valence electrons. The van der Waals surface area contributed by atoms with Crippen molar-refractivity contribution in [2.45, 2.75) is 45.4 Å². The average Bonchev–Trinajstić information content (AvgIpc) is 3.26. The summed E-state index contributed by atoms with van der Waals surface area (Å²) in [5, 5.41) is 3.38. The second-order valence-electron chi connectivity index (χ2n) is 8.58. The minimum atomic E-state index is -0.574. The third kappa shape index (κ3) is 4.94. The smallest absolute Gasteiger partial charge is 0.336 e. The van der Waals surface area contributed by atoms with Crippen molar-refractivity contribution < 1.29 is 23.5 Å². The number of hydrogen-bond donors (Lipinski definition) is 1. The summed E-state index contributed by atoms with van der Waals surface area (Å²) in [5.41, 5.74) is 3.66. The number of esters is 1. The second-order valence-corrected chi connectivity index (χ2v) is 9.97. The van der Waals surface area contributed by atoms with E-state index in [0.29, 0.717) is 42.1 Å². The van der Waals surface area contributed by atoms with Crippen molar-refractivity contribution in [1.29, 1.82) is 0 Å². The molecule has 2 aromatic rings. The number of furan rings is 1. The molecule has 2 heterocycles. The Balaban J connectivity index is 1.68. The summed E-state index contributed by atoms with van der Waals surface area (Å²) in [4.78, 5) is 26.8. The van der Waals surface area contributed by atoms with Gasteiger partial charge < -0.3 is 19.2 Å². The summed E-state index contributed by atoms with van der Waals surface area (Å²) >= 11 is 1.72. The molecule has 1 aliphatic heterocycles. The lowest BCUT2D eigenvalue weighted by molar-refractivity contribution is -0.138. The maximum atomic E-state index is 13.6. The van der Waals surface area contributed by atoms with E-state index >= 15 is 0 Å². The van der Waals surface area contributed by atoms with E-state index in [4.69, 9.17) is 13.9 Å². The van der Waals surface area contributed by atoms with E-state index in [1.807, 2.05) is 50.2 Å². The first-order valence-electron chi connectivity index (χ1n) is 11.6. The van der Waals surface area contributed by atoms with Crippen LogP contribution < -0.4 is 10.1 Å². The number of carbonyl (C=O) groups is 2. The molecule has 1 N–H and O–H groups in total. The predicted molar refractivity (Wildman–Crippen MR) is 133 cm³/mol. The van der Waals surface area contributed by atoms with Crippen LogP contribution >= 0.6 is 11.8 Å². The molecule has 0 radical (unpaired) electrons. The number of rotatable bonds is 8. The van der Waals surface area contributed by atoms with Crippen LogP contribution in [0.4, 0.5) is 0 Å². The Morgan fingerprint density at radius 3 is 2.74 bits per heavy atom. The fourth-order valence-electron chi connectivity index (χ4n) is 4.75.